The molecule has 0 aromatic carbocycles. The first kappa shape index (κ1) is 17.1. The topological polar surface area (TPSA) is 77.2 Å². The van der Waals surface area contributed by atoms with E-state index >= 15 is 0 Å². The van der Waals surface area contributed by atoms with E-state index in [0.717, 1.165) is 53.5 Å². The van der Waals surface area contributed by atoms with Gasteiger partial charge in [0.25, 0.3) is 0 Å². The quantitative estimate of drug-likeness (QED) is 0.587. The number of ether oxygens (including phenoxy) is 1. The Labute approximate surface area is 162 Å². The Hall–Kier alpha value is -3.06. The lowest BCUT2D eigenvalue weighted by molar-refractivity contribution is 0.0681. The normalized spacial score (nSPS) is 19.9. The molecule has 7 nitrogen and oxygen atoms in total. The fraction of sp³-hybridized carbons (Fsp3) is 0.333. The smallest absolute Gasteiger partial charge is 0.241 e. The minimum Gasteiger partial charge on any atom is -0.381 e. The van der Waals surface area contributed by atoms with Crippen molar-refractivity contribution in [2.45, 2.75) is 37.8 Å². The summed E-state index contributed by atoms with van der Waals surface area (Å²) in [4.78, 5) is 13.6. The molecule has 4 aromatic heterocycles. The van der Waals surface area contributed by atoms with E-state index in [4.69, 9.17) is 9.72 Å². The predicted molar refractivity (Wildman–Crippen MR) is 108 cm³/mol. The number of rotatable bonds is 4. The maximum absolute atomic E-state index is 5.45. The monoisotopic (exact) mass is 374 g/mol. The van der Waals surface area contributed by atoms with Gasteiger partial charge in [0, 0.05) is 31.1 Å². The number of anilines is 1. The van der Waals surface area contributed by atoms with Gasteiger partial charge in [-0.25, -0.2) is 14.5 Å². The van der Waals surface area contributed by atoms with E-state index in [-0.39, 0.29) is 0 Å². The van der Waals surface area contributed by atoms with Gasteiger partial charge < -0.3 is 10.1 Å². The molecule has 0 radical (unpaired) electrons. The Morgan fingerprint density at radius 2 is 1.93 bits per heavy atom. The zero-order valence-electron chi connectivity index (χ0n) is 15.7. The molecule has 0 saturated heterocycles. The van der Waals surface area contributed by atoms with Crippen molar-refractivity contribution in [3.05, 3.63) is 48.9 Å². The second kappa shape index (κ2) is 7.16. The first-order chi connectivity index (χ1) is 13.8. The zero-order valence-corrected chi connectivity index (χ0v) is 15.7. The number of nitrogens with one attached hydrogen (secondary N) is 1. The molecule has 5 rings (SSSR count). The molecule has 0 unspecified atom stereocenters. The van der Waals surface area contributed by atoms with Crippen LogP contribution in [0.1, 0.15) is 25.7 Å². The van der Waals surface area contributed by atoms with Crippen LogP contribution in [0.25, 0.3) is 27.8 Å². The number of aromatic nitrogens is 5. The molecule has 1 saturated carbocycles. The summed E-state index contributed by atoms with van der Waals surface area (Å²) in [5.74, 6) is 0.659. The molecular weight excluding hydrogens is 352 g/mol. The highest BCUT2D eigenvalue weighted by atomic mass is 16.5. The van der Waals surface area contributed by atoms with Gasteiger partial charge in [0.05, 0.1) is 34.5 Å². The third kappa shape index (κ3) is 3.18. The molecule has 142 valence electrons. The maximum atomic E-state index is 5.45. The molecule has 1 fully saturated rings. The third-order valence-electron chi connectivity index (χ3n) is 5.49. The Kier molecular flexibility index (Phi) is 4.37. The lowest BCUT2D eigenvalue weighted by atomic mass is 9.93. The number of methoxy groups -OCH3 is 1. The maximum Gasteiger partial charge on any atom is 0.241 e. The number of hydrogen-bond donors (Lipinski definition) is 1. The Balaban J connectivity index is 1.40. The van der Waals surface area contributed by atoms with E-state index in [1.165, 1.54) is 0 Å². The van der Waals surface area contributed by atoms with Crippen molar-refractivity contribution in [3.8, 4) is 11.3 Å². The summed E-state index contributed by atoms with van der Waals surface area (Å²) in [5, 5.41) is 8.11. The molecule has 1 aliphatic rings. The first-order valence-electron chi connectivity index (χ1n) is 9.66. The summed E-state index contributed by atoms with van der Waals surface area (Å²) in [5.41, 5.74) is 4.61. The average molecular weight is 374 g/mol. The summed E-state index contributed by atoms with van der Waals surface area (Å²) in [6, 6.07) is 10.3. The van der Waals surface area contributed by atoms with Gasteiger partial charge in [-0.1, -0.05) is 0 Å². The molecule has 0 amide bonds. The SMILES string of the molecule is COC1CCC(Nc2ncc3c(-c4ccc5ncccc5n4)ccn3n2)CC1. The van der Waals surface area contributed by atoms with Gasteiger partial charge in [-0.3, -0.25) is 4.98 Å². The molecule has 7 heteroatoms. The summed E-state index contributed by atoms with van der Waals surface area (Å²) in [6.45, 7) is 0. The molecule has 0 atom stereocenters. The average Bonchev–Trinajstić information content (AvgIpc) is 3.17. The molecular formula is C21H22N6O. The van der Waals surface area contributed by atoms with E-state index in [9.17, 15) is 0 Å². The van der Waals surface area contributed by atoms with Crippen molar-refractivity contribution in [2.75, 3.05) is 12.4 Å². The lowest BCUT2D eigenvalue weighted by Gasteiger charge is -2.28. The number of pyridine rings is 2. The Morgan fingerprint density at radius 3 is 2.79 bits per heavy atom. The van der Waals surface area contributed by atoms with Crippen molar-refractivity contribution in [3.63, 3.8) is 0 Å². The Morgan fingerprint density at radius 1 is 1.04 bits per heavy atom. The molecule has 0 aliphatic heterocycles. The van der Waals surface area contributed by atoms with Crippen LogP contribution in [0.5, 0.6) is 0 Å². The fourth-order valence-corrected chi connectivity index (χ4v) is 3.92. The first-order valence-corrected chi connectivity index (χ1v) is 9.66. The van der Waals surface area contributed by atoms with Crippen LogP contribution in [0.15, 0.2) is 48.9 Å². The van der Waals surface area contributed by atoms with Gasteiger partial charge >= 0.3 is 0 Å². The van der Waals surface area contributed by atoms with Gasteiger partial charge in [-0.05, 0) is 56.0 Å². The third-order valence-corrected chi connectivity index (χ3v) is 5.49. The second-order valence-corrected chi connectivity index (χ2v) is 7.23. The molecule has 0 spiro atoms. The standard InChI is InChI=1S/C21H22N6O/c1-28-15-6-4-14(5-7-15)24-21-23-13-20-16(10-12-27(20)26-21)17-8-9-18-19(25-17)3-2-11-22-18/h2-3,8-15H,4-7H2,1H3,(H,24,26). The van der Waals surface area contributed by atoms with Crippen molar-refractivity contribution < 1.29 is 4.74 Å². The molecule has 4 heterocycles. The number of fused-ring (bicyclic) bond motifs is 2. The summed E-state index contributed by atoms with van der Waals surface area (Å²) >= 11 is 0. The minimum absolute atomic E-state index is 0.387. The van der Waals surface area contributed by atoms with Crippen LogP contribution in [-0.2, 0) is 4.74 Å². The summed E-state index contributed by atoms with van der Waals surface area (Å²) in [6.07, 6.45) is 10.3. The lowest BCUT2D eigenvalue weighted by Crippen LogP contribution is -2.30. The van der Waals surface area contributed by atoms with Crippen molar-refractivity contribution in [1.29, 1.82) is 0 Å². The summed E-state index contributed by atoms with van der Waals surface area (Å²) < 4.78 is 7.31. The van der Waals surface area contributed by atoms with E-state index in [0.29, 0.717) is 18.1 Å². The van der Waals surface area contributed by atoms with Gasteiger partial charge in [0.15, 0.2) is 0 Å². The van der Waals surface area contributed by atoms with Crippen LogP contribution in [0.2, 0.25) is 0 Å². The van der Waals surface area contributed by atoms with Crippen LogP contribution in [-0.4, -0.2) is 43.8 Å². The molecule has 4 aromatic rings. The van der Waals surface area contributed by atoms with Gasteiger partial charge in [-0.2, -0.15) is 0 Å². The largest absolute Gasteiger partial charge is 0.381 e. The van der Waals surface area contributed by atoms with Crippen LogP contribution in [0.4, 0.5) is 5.95 Å². The molecule has 0 bridgehead atoms. The Bertz CT molecular complexity index is 1120. The van der Waals surface area contributed by atoms with Crippen LogP contribution in [0, 0.1) is 0 Å². The van der Waals surface area contributed by atoms with Crippen LogP contribution in [0.3, 0.4) is 0 Å². The van der Waals surface area contributed by atoms with Crippen molar-refractivity contribution >= 4 is 22.5 Å². The predicted octanol–water partition coefficient (Wildman–Crippen LogP) is 3.71. The van der Waals surface area contributed by atoms with Crippen LogP contribution < -0.4 is 5.32 Å². The summed E-state index contributed by atoms with van der Waals surface area (Å²) in [7, 11) is 1.79. The zero-order chi connectivity index (χ0) is 18.9. The van der Waals surface area contributed by atoms with E-state index in [2.05, 4.69) is 20.4 Å². The molecule has 28 heavy (non-hydrogen) atoms. The van der Waals surface area contributed by atoms with Gasteiger partial charge in [-0.15, -0.1) is 5.10 Å². The number of hydrogen-bond acceptors (Lipinski definition) is 6. The van der Waals surface area contributed by atoms with Crippen molar-refractivity contribution in [1.82, 2.24) is 24.6 Å². The number of nitrogens with zero attached hydrogens (tertiary/aromatic N) is 5. The van der Waals surface area contributed by atoms with E-state index < -0.39 is 0 Å². The molecule has 1 aliphatic carbocycles. The van der Waals surface area contributed by atoms with Gasteiger partial charge in [0.2, 0.25) is 5.95 Å². The van der Waals surface area contributed by atoms with E-state index in [1.54, 1.807) is 13.3 Å². The second-order valence-electron chi connectivity index (χ2n) is 7.23. The van der Waals surface area contributed by atoms with Gasteiger partial charge in [0.1, 0.15) is 0 Å². The van der Waals surface area contributed by atoms with Crippen molar-refractivity contribution in [2.24, 2.45) is 0 Å². The highest BCUT2D eigenvalue weighted by Gasteiger charge is 2.21. The minimum atomic E-state index is 0.387. The highest BCUT2D eigenvalue weighted by Crippen LogP contribution is 2.26. The molecule has 1 N–H and O–H groups in total. The highest BCUT2D eigenvalue weighted by molar-refractivity contribution is 5.83. The fourth-order valence-electron chi connectivity index (χ4n) is 3.92. The van der Waals surface area contributed by atoms with E-state index in [1.807, 2.05) is 47.2 Å². The van der Waals surface area contributed by atoms with Crippen LogP contribution >= 0.6 is 0 Å².